The van der Waals surface area contributed by atoms with E-state index in [9.17, 15) is 16.8 Å². The summed E-state index contributed by atoms with van der Waals surface area (Å²) < 4.78 is 47.9. The first-order chi connectivity index (χ1) is 10.7. The highest BCUT2D eigenvalue weighted by molar-refractivity contribution is 7.93. The first kappa shape index (κ1) is 17.9. The average Bonchev–Trinajstić information content (AvgIpc) is 2.48. The fourth-order valence-electron chi connectivity index (χ4n) is 1.82. The van der Waals surface area contributed by atoms with Crippen molar-refractivity contribution in [2.45, 2.75) is 16.4 Å². The molecule has 0 spiro atoms. The predicted octanol–water partition coefficient (Wildman–Crippen LogP) is 2.15. The minimum atomic E-state index is -4.15. The molecule has 0 heterocycles. The summed E-state index contributed by atoms with van der Waals surface area (Å²) in [5.74, 6) is 0. The summed E-state index contributed by atoms with van der Waals surface area (Å²) in [4.78, 5) is 6.21. The molecular weight excluding hydrogens is 362 g/mol. The standard InChI is InChI=1S/C14H14ClNO5S2/c1-22(17,18)13-8-4-5-9-14(13)23(19,20)16-21-10-11-6-2-3-7-12(11)15/h2-9,16H,10H2,1H3. The highest BCUT2D eigenvalue weighted by Gasteiger charge is 2.23. The van der Waals surface area contributed by atoms with Crippen LogP contribution >= 0.6 is 11.6 Å². The molecule has 0 saturated heterocycles. The van der Waals surface area contributed by atoms with Crippen LogP contribution in [-0.2, 0) is 31.3 Å². The number of sulfone groups is 1. The number of nitrogens with one attached hydrogen (secondary N) is 1. The summed E-state index contributed by atoms with van der Waals surface area (Å²) in [5.41, 5.74) is 0.591. The van der Waals surface area contributed by atoms with Gasteiger partial charge in [-0.1, -0.05) is 46.8 Å². The fraction of sp³-hybridized carbons (Fsp3) is 0.143. The van der Waals surface area contributed by atoms with Crippen molar-refractivity contribution < 1.29 is 21.7 Å². The Balaban J connectivity index is 2.19. The number of sulfonamides is 1. The maximum atomic E-state index is 12.2. The van der Waals surface area contributed by atoms with Crippen molar-refractivity contribution in [3.63, 3.8) is 0 Å². The van der Waals surface area contributed by atoms with E-state index in [1.807, 2.05) is 4.89 Å². The monoisotopic (exact) mass is 375 g/mol. The number of hydrogen-bond acceptors (Lipinski definition) is 5. The van der Waals surface area contributed by atoms with Crippen molar-refractivity contribution in [1.29, 1.82) is 0 Å². The molecule has 23 heavy (non-hydrogen) atoms. The van der Waals surface area contributed by atoms with Crippen LogP contribution in [0.1, 0.15) is 5.56 Å². The lowest BCUT2D eigenvalue weighted by Crippen LogP contribution is -2.25. The van der Waals surface area contributed by atoms with E-state index in [-0.39, 0.29) is 16.4 Å². The topological polar surface area (TPSA) is 89.5 Å². The van der Waals surface area contributed by atoms with Gasteiger partial charge < -0.3 is 0 Å². The smallest absolute Gasteiger partial charge is 0.263 e. The van der Waals surface area contributed by atoms with E-state index in [2.05, 4.69) is 0 Å². The molecule has 0 saturated carbocycles. The van der Waals surface area contributed by atoms with Crippen LogP contribution in [0.15, 0.2) is 58.3 Å². The molecule has 2 rings (SSSR count). The highest BCUT2D eigenvalue weighted by atomic mass is 35.5. The lowest BCUT2D eigenvalue weighted by molar-refractivity contribution is 0.0794. The Morgan fingerprint density at radius 2 is 1.52 bits per heavy atom. The molecule has 0 fully saturated rings. The molecule has 0 aliphatic rings. The molecule has 2 aromatic carbocycles. The second-order valence-electron chi connectivity index (χ2n) is 4.69. The van der Waals surface area contributed by atoms with Gasteiger partial charge in [0, 0.05) is 11.3 Å². The number of benzene rings is 2. The molecule has 0 unspecified atom stereocenters. The molecule has 0 aliphatic heterocycles. The molecule has 0 amide bonds. The largest absolute Gasteiger partial charge is 0.282 e. The third-order valence-electron chi connectivity index (χ3n) is 2.89. The molecular formula is C14H14ClNO5S2. The van der Waals surface area contributed by atoms with Crippen molar-refractivity contribution in [3.8, 4) is 0 Å². The average molecular weight is 376 g/mol. The van der Waals surface area contributed by atoms with Gasteiger partial charge in [-0.3, -0.25) is 4.84 Å². The Labute approximate surface area is 140 Å². The van der Waals surface area contributed by atoms with E-state index >= 15 is 0 Å². The van der Waals surface area contributed by atoms with Crippen molar-refractivity contribution in [2.75, 3.05) is 6.26 Å². The molecule has 1 N–H and O–H groups in total. The van der Waals surface area contributed by atoms with Crippen molar-refractivity contribution >= 4 is 31.5 Å². The van der Waals surface area contributed by atoms with Crippen LogP contribution in [0.4, 0.5) is 0 Å². The molecule has 0 aliphatic carbocycles. The molecule has 9 heteroatoms. The Morgan fingerprint density at radius 1 is 0.957 bits per heavy atom. The van der Waals surface area contributed by atoms with Gasteiger partial charge in [-0.05, 0) is 23.8 Å². The van der Waals surface area contributed by atoms with Crippen LogP contribution < -0.4 is 4.89 Å². The van der Waals surface area contributed by atoms with Crippen molar-refractivity contribution in [1.82, 2.24) is 4.89 Å². The van der Waals surface area contributed by atoms with Crippen LogP contribution in [0, 0.1) is 0 Å². The molecule has 0 radical (unpaired) electrons. The number of rotatable bonds is 6. The van der Waals surface area contributed by atoms with Gasteiger partial charge >= 0.3 is 0 Å². The van der Waals surface area contributed by atoms with Crippen LogP contribution in [-0.4, -0.2) is 23.1 Å². The summed E-state index contributed by atoms with van der Waals surface area (Å²) >= 11 is 5.94. The van der Waals surface area contributed by atoms with Gasteiger partial charge in [0.2, 0.25) is 0 Å². The van der Waals surface area contributed by atoms with Crippen molar-refractivity contribution in [2.24, 2.45) is 0 Å². The zero-order valence-corrected chi connectivity index (χ0v) is 14.5. The third-order valence-corrected chi connectivity index (χ3v) is 5.82. The minimum absolute atomic E-state index is 0.0973. The second-order valence-corrected chi connectivity index (χ2v) is 8.69. The summed E-state index contributed by atoms with van der Waals surface area (Å²) in [6.45, 7) is -0.0973. The van der Waals surface area contributed by atoms with E-state index in [4.69, 9.17) is 16.4 Å². The quantitative estimate of drug-likeness (QED) is 0.781. The highest BCUT2D eigenvalue weighted by Crippen LogP contribution is 2.21. The third kappa shape index (κ3) is 4.52. The Hall–Kier alpha value is -1.45. The first-order valence-corrected chi connectivity index (χ1v) is 10.1. The van der Waals surface area contributed by atoms with E-state index in [0.29, 0.717) is 10.6 Å². The van der Waals surface area contributed by atoms with Crippen molar-refractivity contribution in [3.05, 3.63) is 59.1 Å². The van der Waals surface area contributed by atoms with Gasteiger partial charge in [0.25, 0.3) is 10.0 Å². The first-order valence-electron chi connectivity index (χ1n) is 6.38. The molecule has 0 bridgehead atoms. The predicted molar refractivity (Wildman–Crippen MR) is 86.1 cm³/mol. The maximum Gasteiger partial charge on any atom is 0.263 e. The lowest BCUT2D eigenvalue weighted by Gasteiger charge is -2.11. The van der Waals surface area contributed by atoms with Gasteiger partial charge in [-0.25, -0.2) is 16.8 Å². The van der Waals surface area contributed by atoms with Crippen LogP contribution in [0.3, 0.4) is 0 Å². The maximum absolute atomic E-state index is 12.2. The molecule has 0 atom stereocenters. The van der Waals surface area contributed by atoms with Gasteiger partial charge in [0.15, 0.2) is 9.84 Å². The summed E-state index contributed by atoms with van der Waals surface area (Å²) in [7, 11) is -7.85. The zero-order chi connectivity index (χ0) is 17.1. The van der Waals surface area contributed by atoms with Crippen LogP contribution in [0.25, 0.3) is 0 Å². The summed E-state index contributed by atoms with van der Waals surface area (Å²) in [6.07, 6.45) is 0.936. The summed E-state index contributed by atoms with van der Waals surface area (Å²) in [5, 5.41) is 0.434. The van der Waals surface area contributed by atoms with Crippen LogP contribution in [0.2, 0.25) is 5.02 Å². The minimum Gasteiger partial charge on any atom is -0.282 e. The van der Waals surface area contributed by atoms with E-state index in [0.717, 1.165) is 6.26 Å². The second kappa shape index (κ2) is 6.98. The van der Waals surface area contributed by atoms with Gasteiger partial charge in [-0.15, -0.1) is 0 Å². The number of hydrogen-bond donors (Lipinski definition) is 1. The summed E-state index contributed by atoms with van der Waals surface area (Å²) in [6, 6.07) is 12.1. The SMILES string of the molecule is CS(=O)(=O)c1ccccc1S(=O)(=O)NOCc1ccccc1Cl. The van der Waals surface area contributed by atoms with Gasteiger partial charge in [0.1, 0.15) is 4.90 Å². The van der Waals surface area contributed by atoms with E-state index < -0.39 is 19.9 Å². The Bertz CT molecular complexity index is 910. The van der Waals surface area contributed by atoms with E-state index in [1.54, 1.807) is 24.3 Å². The van der Waals surface area contributed by atoms with E-state index in [1.165, 1.54) is 24.3 Å². The van der Waals surface area contributed by atoms with Gasteiger partial charge in [0.05, 0.1) is 11.5 Å². The Kier molecular flexibility index (Phi) is 5.43. The Morgan fingerprint density at radius 3 is 2.13 bits per heavy atom. The zero-order valence-electron chi connectivity index (χ0n) is 12.1. The van der Waals surface area contributed by atoms with Crippen LogP contribution in [0.5, 0.6) is 0 Å². The molecule has 124 valence electrons. The molecule has 2 aromatic rings. The number of halogens is 1. The lowest BCUT2D eigenvalue weighted by atomic mass is 10.2. The normalized spacial score (nSPS) is 12.3. The fourth-order valence-corrected chi connectivity index (χ4v) is 4.45. The molecule has 6 nitrogen and oxygen atoms in total. The molecule has 0 aromatic heterocycles. The van der Waals surface area contributed by atoms with Gasteiger partial charge in [-0.2, -0.15) is 0 Å².